The number of halogens is 1. The zero-order valence-electron chi connectivity index (χ0n) is 4.73. The predicted molar refractivity (Wildman–Crippen MR) is 35.8 cm³/mol. The third-order valence-electron chi connectivity index (χ3n) is 1.41. The van der Waals surface area contributed by atoms with Crippen molar-refractivity contribution in [1.29, 1.82) is 0 Å². The number of rotatable bonds is 0. The van der Waals surface area contributed by atoms with Crippen molar-refractivity contribution in [2.75, 3.05) is 0 Å². The Hall–Kier alpha value is -0.0100. The van der Waals surface area contributed by atoms with Gasteiger partial charge < -0.3 is 5.73 Å². The average Bonchev–Trinajstić information content (AvgIpc) is 1.77. The fourth-order valence-corrected chi connectivity index (χ4v) is 1.09. The van der Waals surface area contributed by atoms with Gasteiger partial charge >= 0.3 is 0 Å². The number of hydrogen-bond acceptors (Lipinski definition) is 1. The van der Waals surface area contributed by atoms with E-state index >= 15 is 0 Å². The normalized spacial score (nSPS) is 29.8. The highest BCUT2D eigenvalue weighted by Crippen LogP contribution is 2.18. The molecule has 1 rings (SSSR count). The van der Waals surface area contributed by atoms with Crippen LogP contribution in [0, 0.1) is 0 Å². The molecule has 0 heterocycles. The Kier molecular flexibility index (Phi) is 1.92. The molecule has 1 nitrogen and oxygen atoms in total. The van der Waals surface area contributed by atoms with E-state index in [2.05, 4.69) is 0 Å². The molecule has 46 valence electrons. The highest BCUT2D eigenvalue weighted by molar-refractivity contribution is 6.30. The van der Waals surface area contributed by atoms with Gasteiger partial charge in [-0.2, -0.15) is 0 Å². The quantitative estimate of drug-likeness (QED) is 0.531. The lowest BCUT2D eigenvalue weighted by Crippen LogP contribution is -2.21. The van der Waals surface area contributed by atoms with Crippen molar-refractivity contribution in [2.45, 2.75) is 25.3 Å². The molecule has 0 aromatic carbocycles. The van der Waals surface area contributed by atoms with Gasteiger partial charge in [0.1, 0.15) is 0 Å². The zero-order chi connectivity index (χ0) is 5.98. The largest absolute Gasteiger partial charge is 0.323 e. The topological polar surface area (TPSA) is 26.0 Å². The van der Waals surface area contributed by atoms with Crippen LogP contribution < -0.4 is 5.73 Å². The maximum Gasteiger partial charge on any atom is 0.0400 e. The molecule has 0 aromatic heterocycles. The Labute approximate surface area is 54.5 Å². The van der Waals surface area contributed by atoms with Crippen molar-refractivity contribution in [3.05, 3.63) is 11.1 Å². The molecule has 0 fully saturated rings. The molecule has 2 heteroatoms. The average molecular weight is 132 g/mol. The van der Waals surface area contributed by atoms with Crippen LogP contribution in [0.15, 0.2) is 11.1 Å². The lowest BCUT2D eigenvalue weighted by atomic mass is 10.0. The molecule has 0 saturated heterocycles. The van der Waals surface area contributed by atoms with Crippen molar-refractivity contribution < 1.29 is 0 Å². The molecule has 0 spiro atoms. The fraction of sp³-hybridized carbons (Fsp3) is 0.667. The first-order valence-electron chi connectivity index (χ1n) is 2.92. The molecule has 0 amide bonds. The van der Waals surface area contributed by atoms with E-state index in [0.29, 0.717) is 0 Å². The molecule has 2 N–H and O–H groups in total. The number of nitrogens with two attached hydrogens (primary N) is 1. The minimum Gasteiger partial charge on any atom is -0.323 e. The summed E-state index contributed by atoms with van der Waals surface area (Å²) >= 11 is 5.70. The summed E-state index contributed by atoms with van der Waals surface area (Å²) in [4.78, 5) is 0. The van der Waals surface area contributed by atoms with E-state index in [1.165, 1.54) is 6.42 Å². The van der Waals surface area contributed by atoms with Gasteiger partial charge in [0.15, 0.2) is 0 Å². The van der Waals surface area contributed by atoms with E-state index in [1.54, 1.807) is 0 Å². The first-order valence-corrected chi connectivity index (χ1v) is 3.29. The third-order valence-corrected chi connectivity index (χ3v) is 1.85. The van der Waals surface area contributed by atoms with Crippen LogP contribution in [0.4, 0.5) is 0 Å². The monoisotopic (exact) mass is 131 g/mol. The standard InChI is InChI=1S/C6H10ClN/c7-5-3-1-2-4-6(5)8/h3,6H,1-2,4,8H2/t6-/m0/s1. The summed E-state index contributed by atoms with van der Waals surface area (Å²) in [7, 11) is 0. The molecule has 1 aliphatic carbocycles. The summed E-state index contributed by atoms with van der Waals surface area (Å²) in [6, 6.07) is 0.130. The van der Waals surface area contributed by atoms with Crippen LogP contribution in [0.1, 0.15) is 19.3 Å². The molecule has 8 heavy (non-hydrogen) atoms. The molecule has 0 aromatic rings. The SMILES string of the molecule is N[C@H]1CCCC=C1Cl. The van der Waals surface area contributed by atoms with E-state index in [4.69, 9.17) is 17.3 Å². The smallest absolute Gasteiger partial charge is 0.0400 e. The van der Waals surface area contributed by atoms with Gasteiger partial charge in [0.2, 0.25) is 0 Å². The predicted octanol–water partition coefficient (Wildman–Crippen LogP) is 1.62. The second-order valence-corrected chi connectivity index (χ2v) is 2.56. The van der Waals surface area contributed by atoms with E-state index in [-0.39, 0.29) is 6.04 Å². The second-order valence-electron chi connectivity index (χ2n) is 2.13. The minimum absolute atomic E-state index is 0.130. The molecule has 1 aliphatic rings. The molecule has 0 radical (unpaired) electrons. The van der Waals surface area contributed by atoms with Crippen LogP contribution in [0.25, 0.3) is 0 Å². The minimum atomic E-state index is 0.130. The van der Waals surface area contributed by atoms with E-state index in [1.807, 2.05) is 6.08 Å². The molecular formula is C6H10ClN. The van der Waals surface area contributed by atoms with Crippen molar-refractivity contribution in [1.82, 2.24) is 0 Å². The van der Waals surface area contributed by atoms with Gasteiger partial charge in [0.25, 0.3) is 0 Å². The highest BCUT2D eigenvalue weighted by atomic mass is 35.5. The van der Waals surface area contributed by atoms with Crippen molar-refractivity contribution in [3.8, 4) is 0 Å². The van der Waals surface area contributed by atoms with Crippen molar-refractivity contribution >= 4 is 11.6 Å². The van der Waals surface area contributed by atoms with Gasteiger partial charge in [-0.15, -0.1) is 0 Å². The molecule has 0 aliphatic heterocycles. The Balaban J connectivity index is 2.53. The molecule has 1 atom stereocenters. The maximum atomic E-state index is 5.70. The first kappa shape index (κ1) is 6.12. The fourth-order valence-electron chi connectivity index (χ4n) is 0.867. The van der Waals surface area contributed by atoms with Crippen LogP contribution in [0.5, 0.6) is 0 Å². The van der Waals surface area contributed by atoms with Crippen molar-refractivity contribution in [2.24, 2.45) is 5.73 Å². The van der Waals surface area contributed by atoms with Gasteiger partial charge in [-0.25, -0.2) is 0 Å². The van der Waals surface area contributed by atoms with E-state index < -0.39 is 0 Å². The highest BCUT2D eigenvalue weighted by Gasteiger charge is 2.09. The molecular weight excluding hydrogens is 122 g/mol. The summed E-state index contributed by atoms with van der Waals surface area (Å²) in [5.41, 5.74) is 5.58. The second kappa shape index (κ2) is 2.51. The van der Waals surface area contributed by atoms with Crippen LogP contribution in [0.3, 0.4) is 0 Å². The van der Waals surface area contributed by atoms with Gasteiger partial charge in [-0.1, -0.05) is 17.7 Å². The van der Waals surface area contributed by atoms with E-state index in [0.717, 1.165) is 17.9 Å². The van der Waals surface area contributed by atoms with Crippen LogP contribution in [-0.2, 0) is 0 Å². The lowest BCUT2D eigenvalue weighted by molar-refractivity contribution is 0.636. The Morgan fingerprint density at radius 1 is 1.75 bits per heavy atom. The summed E-state index contributed by atoms with van der Waals surface area (Å²) in [6.07, 6.45) is 5.36. The van der Waals surface area contributed by atoms with Gasteiger partial charge in [0.05, 0.1) is 0 Å². The summed E-state index contributed by atoms with van der Waals surface area (Å²) < 4.78 is 0. The Bertz CT molecular complexity index is 109. The number of hydrogen-bond donors (Lipinski definition) is 1. The maximum absolute atomic E-state index is 5.70. The summed E-state index contributed by atoms with van der Waals surface area (Å²) in [5.74, 6) is 0. The molecule has 0 bridgehead atoms. The summed E-state index contributed by atoms with van der Waals surface area (Å²) in [5, 5.41) is 0.844. The number of allylic oxidation sites excluding steroid dienone is 1. The molecule has 0 unspecified atom stereocenters. The zero-order valence-corrected chi connectivity index (χ0v) is 5.49. The van der Waals surface area contributed by atoms with Crippen LogP contribution in [-0.4, -0.2) is 6.04 Å². The van der Waals surface area contributed by atoms with Crippen LogP contribution in [0.2, 0.25) is 0 Å². The summed E-state index contributed by atoms with van der Waals surface area (Å²) in [6.45, 7) is 0. The molecule has 0 saturated carbocycles. The van der Waals surface area contributed by atoms with Gasteiger partial charge in [-0.05, 0) is 19.3 Å². The van der Waals surface area contributed by atoms with Gasteiger partial charge in [-0.3, -0.25) is 0 Å². The third kappa shape index (κ3) is 1.23. The van der Waals surface area contributed by atoms with Crippen LogP contribution >= 0.6 is 11.6 Å². The Morgan fingerprint density at radius 3 is 2.88 bits per heavy atom. The first-order chi connectivity index (χ1) is 3.80. The van der Waals surface area contributed by atoms with Gasteiger partial charge in [0, 0.05) is 11.1 Å². The lowest BCUT2D eigenvalue weighted by Gasteiger charge is -2.13. The van der Waals surface area contributed by atoms with Crippen molar-refractivity contribution in [3.63, 3.8) is 0 Å². The van der Waals surface area contributed by atoms with E-state index in [9.17, 15) is 0 Å². The Morgan fingerprint density at radius 2 is 2.50 bits per heavy atom.